The van der Waals surface area contributed by atoms with Crippen molar-refractivity contribution >= 4 is 5.91 Å². The molecular weight excluding hydrogens is 386 g/mol. The van der Waals surface area contributed by atoms with Crippen LogP contribution in [0.3, 0.4) is 0 Å². The number of morpholine rings is 1. The summed E-state index contributed by atoms with van der Waals surface area (Å²) in [6, 6.07) is 30.1. The van der Waals surface area contributed by atoms with Crippen molar-refractivity contribution in [2.24, 2.45) is 0 Å². The summed E-state index contributed by atoms with van der Waals surface area (Å²) in [5, 5.41) is 0. The molecule has 154 valence electrons. The van der Waals surface area contributed by atoms with Crippen molar-refractivity contribution in [3.8, 4) is 33.6 Å². The molecule has 0 N–H and O–H groups in total. The molecule has 1 aliphatic heterocycles. The van der Waals surface area contributed by atoms with Crippen LogP contribution in [0.5, 0.6) is 0 Å². The first kappa shape index (κ1) is 19.3. The maximum Gasteiger partial charge on any atom is 0.290 e. The number of amides is 1. The lowest BCUT2D eigenvalue weighted by Crippen LogP contribution is -2.40. The molecule has 0 saturated carbocycles. The van der Waals surface area contributed by atoms with E-state index >= 15 is 0 Å². The van der Waals surface area contributed by atoms with Crippen molar-refractivity contribution < 1.29 is 13.9 Å². The summed E-state index contributed by atoms with van der Waals surface area (Å²) in [4.78, 5) is 15.4. The van der Waals surface area contributed by atoms with Crippen molar-refractivity contribution in [3.63, 3.8) is 0 Å². The van der Waals surface area contributed by atoms with Crippen molar-refractivity contribution in [2.75, 3.05) is 26.3 Å². The SMILES string of the molecule is O=C(c1oc(-c2ccccc2)c(-c2ccccc2)c1-c1ccccc1)N1CCOCC1. The van der Waals surface area contributed by atoms with E-state index in [0.717, 1.165) is 27.8 Å². The number of carbonyl (C=O) groups is 1. The lowest BCUT2D eigenvalue weighted by Gasteiger charge is -2.26. The summed E-state index contributed by atoms with van der Waals surface area (Å²) in [5.74, 6) is 0.995. The third kappa shape index (κ3) is 3.78. The summed E-state index contributed by atoms with van der Waals surface area (Å²) < 4.78 is 11.9. The Kier molecular flexibility index (Phi) is 5.38. The normalized spacial score (nSPS) is 13.9. The molecule has 1 fully saturated rings. The van der Waals surface area contributed by atoms with E-state index in [2.05, 4.69) is 12.1 Å². The van der Waals surface area contributed by atoms with Crippen LogP contribution >= 0.6 is 0 Å². The van der Waals surface area contributed by atoms with Crippen LogP contribution in [0.25, 0.3) is 33.6 Å². The lowest BCUT2D eigenvalue weighted by molar-refractivity contribution is 0.0284. The minimum absolute atomic E-state index is 0.0958. The largest absolute Gasteiger partial charge is 0.450 e. The Morgan fingerprint density at radius 1 is 0.645 bits per heavy atom. The highest BCUT2D eigenvalue weighted by molar-refractivity contribution is 6.06. The minimum atomic E-state index is -0.0958. The summed E-state index contributed by atoms with van der Waals surface area (Å²) in [6.07, 6.45) is 0. The van der Waals surface area contributed by atoms with E-state index < -0.39 is 0 Å². The Balaban J connectivity index is 1.78. The maximum atomic E-state index is 13.6. The molecule has 4 nitrogen and oxygen atoms in total. The van der Waals surface area contributed by atoms with Gasteiger partial charge in [0.1, 0.15) is 5.76 Å². The van der Waals surface area contributed by atoms with Gasteiger partial charge in [-0.15, -0.1) is 0 Å². The summed E-state index contributed by atoms with van der Waals surface area (Å²) in [7, 11) is 0. The fraction of sp³-hybridized carbons (Fsp3) is 0.148. The minimum Gasteiger partial charge on any atom is -0.450 e. The first-order chi connectivity index (χ1) is 15.3. The third-order valence-electron chi connectivity index (χ3n) is 5.56. The van der Waals surface area contributed by atoms with Gasteiger partial charge in [-0.3, -0.25) is 4.79 Å². The number of carbonyl (C=O) groups excluding carboxylic acids is 1. The van der Waals surface area contributed by atoms with Crippen LogP contribution in [0.1, 0.15) is 10.6 Å². The van der Waals surface area contributed by atoms with E-state index in [1.54, 1.807) is 0 Å². The van der Waals surface area contributed by atoms with Gasteiger partial charge in [0.15, 0.2) is 0 Å². The standard InChI is InChI=1S/C27H23NO3/c29-27(28-16-18-30-19-17-28)26-24(21-12-6-2-7-13-21)23(20-10-4-1-5-11-20)25(31-26)22-14-8-3-9-15-22/h1-15H,16-19H2. The van der Waals surface area contributed by atoms with Crippen LogP contribution in [0.2, 0.25) is 0 Å². The van der Waals surface area contributed by atoms with Gasteiger partial charge in [0.05, 0.1) is 13.2 Å². The van der Waals surface area contributed by atoms with Gasteiger partial charge < -0.3 is 14.1 Å². The second-order valence-corrected chi connectivity index (χ2v) is 7.51. The fourth-order valence-electron chi connectivity index (χ4n) is 4.05. The van der Waals surface area contributed by atoms with Crippen molar-refractivity contribution in [2.45, 2.75) is 0 Å². The van der Waals surface area contributed by atoms with Gasteiger partial charge in [0.2, 0.25) is 5.76 Å². The van der Waals surface area contributed by atoms with Gasteiger partial charge in [-0.25, -0.2) is 0 Å². The fourth-order valence-corrected chi connectivity index (χ4v) is 4.05. The molecule has 0 spiro atoms. The Bertz CT molecular complexity index is 1160. The topological polar surface area (TPSA) is 42.7 Å². The van der Waals surface area contributed by atoms with Crippen LogP contribution in [0.15, 0.2) is 95.4 Å². The highest BCUT2D eigenvalue weighted by Crippen LogP contribution is 2.45. The molecule has 0 unspecified atom stereocenters. The second-order valence-electron chi connectivity index (χ2n) is 7.51. The van der Waals surface area contributed by atoms with Gasteiger partial charge in [0.25, 0.3) is 5.91 Å². The van der Waals surface area contributed by atoms with E-state index in [9.17, 15) is 4.79 Å². The van der Waals surface area contributed by atoms with Gasteiger partial charge in [-0.2, -0.15) is 0 Å². The Hall–Kier alpha value is -3.63. The number of ether oxygens (including phenoxy) is 1. The van der Waals surface area contributed by atoms with E-state index in [1.807, 2.05) is 83.8 Å². The molecule has 1 aliphatic rings. The highest BCUT2D eigenvalue weighted by Gasteiger charge is 2.31. The van der Waals surface area contributed by atoms with E-state index in [0.29, 0.717) is 37.8 Å². The average Bonchev–Trinajstić information content (AvgIpc) is 3.26. The zero-order valence-corrected chi connectivity index (χ0v) is 17.2. The quantitative estimate of drug-likeness (QED) is 0.431. The molecule has 2 heterocycles. The second kappa shape index (κ2) is 8.62. The van der Waals surface area contributed by atoms with E-state index in [-0.39, 0.29) is 5.91 Å². The number of furan rings is 1. The molecule has 1 saturated heterocycles. The Morgan fingerprint density at radius 3 is 1.68 bits per heavy atom. The van der Waals surface area contributed by atoms with Crippen LogP contribution in [0, 0.1) is 0 Å². The molecule has 4 aromatic rings. The molecule has 0 radical (unpaired) electrons. The van der Waals surface area contributed by atoms with E-state index in [1.165, 1.54) is 0 Å². The van der Waals surface area contributed by atoms with Gasteiger partial charge in [0, 0.05) is 29.8 Å². The van der Waals surface area contributed by atoms with Crippen molar-refractivity contribution in [1.29, 1.82) is 0 Å². The predicted octanol–water partition coefficient (Wildman–Crippen LogP) is 5.75. The Labute approximate surface area is 181 Å². The molecule has 1 amide bonds. The number of rotatable bonds is 4. The summed E-state index contributed by atoms with van der Waals surface area (Å²) >= 11 is 0. The zero-order chi connectivity index (χ0) is 21.0. The molecule has 4 heteroatoms. The molecule has 0 atom stereocenters. The first-order valence-corrected chi connectivity index (χ1v) is 10.5. The lowest BCUT2D eigenvalue weighted by atomic mass is 9.92. The molecule has 0 bridgehead atoms. The molecule has 1 aromatic heterocycles. The van der Waals surface area contributed by atoms with Crippen LogP contribution in [-0.4, -0.2) is 37.1 Å². The van der Waals surface area contributed by atoms with Crippen molar-refractivity contribution in [1.82, 2.24) is 4.90 Å². The van der Waals surface area contributed by atoms with Crippen LogP contribution in [-0.2, 0) is 4.74 Å². The molecule has 5 rings (SSSR count). The van der Waals surface area contributed by atoms with Gasteiger partial charge in [-0.05, 0) is 11.1 Å². The monoisotopic (exact) mass is 409 g/mol. The highest BCUT2D eigenvalue weighted by atomic mass is 16.5. The third-order valence-corrected chi connectivity index (χ3v) is 5.56. The van der Waals surface area contributed by atoms with Gasteiger partial charge in [-0.1, -0.05) is 91.0 Å². The summed E-state index contributed by atoms with van der Waals surface area (Å²) in [5.41, 5.74) is 4.70. The molecular formula is C27H23NO3. The zero-order valence-electron chi connectivity index (χ0n) is 17.2. The number of nitrogens with zero attached hydrogens (tertiary/aromatic N) is 1. The number of hydrogen-bond acceptors (Lipinski definition) is 3. The van der Waals surface area contributed by atoms with E-state index in [4.69, 9.17) is 9.15 Å². The van der Waals surface area contributed by atoms with Crippen LogP contribution < -0.4 is 0 Å². The number of benzene rings is 3. The smallest absolute Gasteiger partial charge is 0.290 e. The molecule has 3 aromatic carbocycles. The molecule has 0 aliphatic carbocycles. The Morgan fingerprint density at radius 2 is 1.13 bits per heavy atom. The van der Waals surface area contributed by atoms with Crippen molar-refractivity contribution in [3.05, 3.63) is 96.8 Å². The average molecular weight is 409 g/mol. The van der Waals surface area contributed by atoms with Crippen LogP contribution in [0.4, 0.5) is 0 Å². The van der Waals surface area contributed by atoms with Gasteiger partial charge >= 0.3 is 0 Å². The molecule has 31 heavy (non-hydrogen) atoms. The maximum absolute atomic E-state index is 13.6. The first-order valence-electron chi connectivity index (χ1n) is 10.5. The number of hydrogen-bond donors (Lipinski definition) is 0. The predicted molar refractivity (Wildman–Crippen MR) is 122 cm³/mol. The summed E-state index contributed by atoms with van der Waals surface area (Å²) in [6.45, 7) is 2.22.